The molecule has 0 saturated carbocycles. The van der Waals surface area contributed by atoms with Crippen LogP contribution in [0.15, 0.2) is 65.1 Å². The highest BCUT2D eigenvalue weighted by Crippen LogP contribution is 2.39. The van der Waals surface area contributed by atoms with Gasteiger partial charge in [0.15, 0.2) is 0 Å². The Hall–Kier alpha value is -2.82. The zero-order valence-electron chi connectivity index (χ0n) is 16.7. The SMILES string of the molecule is CCc1ccc(C2c3[nH]c4ccccc4c3CCN2Cc2ccc(CO)o2)cc1. The van der Waals surface area contributed by atoms with Crippen molar-refractivity contribution in [2.24, 2.45) is 0 Å². The number of aliphatic hydroxyl groups is 1. The maximum absolute atomic E-state index is 9.33. The maximum Gasteiger partial charge on any atom is 0.129 e. The highest BCUT2D eigenvalue weighted by atomic mass is 16.4. The summed E-state index contributed by atoms with van der Waals surface area (Å²) in [5.74, 6) is 1.51. The summed E-state index contributed by atoms with van der Waals surface area (Å²) in [4.78, 5) is 6.18. The number of furan rings is 1. The highest BCUT2D eigenvalue weighted by molar-refractivity contribution is 5.85. The molecule has 1 aliphatic rings. The van der Waals surface area contributed by atoms with Crippen LogP contribution in [0.1, 0.15) is 46.9 Å². The average molecular weight is 386 g/mol. The molecule has 0 saturated heterocycles. The fraction of sp³-hybridized carbons (Fsp3) is 0.280. The van der Waals surface area contributed by atoms with Gasteiger partial charge in [-0.3, -0.25) is 4.90 Å². The Bertz CT molecular complexity index is 1120. The molecular formula is C25H26N2O2. The van der Waals surface area contributed by atoms with Crippen LogP contribution in [-0.4, -0.2) is 21.5 Å². The zero-order valence-corrected chi connectivity index (χ0v) is 16.7. The zero-order chi connectivity index (χ0) is 19.8. The third-order valence-electron chi connectivity index (χ3n) is 6.07. The fourth-order valence-electron chi connectivity index (χ4n) is 4.57. The third-order valence-corrected chi connectivity index (χ3v) is 6.07. The van der Waals surface area contributed by atoms with E-state index >= 15 is 0 Å². The Balaban J connectivity index is 1.58. The van der Waals surface area contributed by atoms with Crippen molar-refractivity contribution >= 4 is 10.9 Å². The monoisotopic (exact) mass is 386 g/mol. The van der Waals surface area contributed by atoms with E-state index in [0.717, 1.165) is 31.7 Å². The Morgan fingerprint density at radius 1 is 1.03 bits per heavy atom. The molecule has 0 bridgehead atoms. The first-order valence-electron chi connectivity index (χ1n) is 10.4. The molecule has 2 aromatic heterocycles. The van der Waals surface area contributed by atoms with Gasteiger partial charge in [0.1, 0.15) is 18.1 Å². The molecule has 4 aromatic rings. The Morgan fingerprint density at radius 2 is 1.83 bits per heavy atom. The van der Waals surface area contributed by atoms with Crippen LogP contribution in [0.2, 0.25) is 0 Å². The Morgan fingerprint density at radius 3 is 2.59 bits per heavy atom. The van der Waals surface area contributed by atoms with Crippen molar-refractivity contribution in [3.05, 3.63) is 94.6 Å². The van der Waals surface area contributed by atoms with Crippen LogP contribution in [-0.2, 0) is 26.0 Å². The van der Waals surface area contributed by atoms with Crippen molar-refractivity contribution in [3.63, 3.8) is 0 Å². The molecule has 4 nitrogen and oxygen atoms in total. The molecule has 3 heterocycles. The lowest BCUT2D eigenvalue weighted by atomic mass is 9.91. The van der Waals surface area contributed by atoms with Gasteiger partial charge in [0.05, 0.1) is 12.6 Å². The summed E-state index contributed by atoms with van der Waals surface area (Å²) in [5.41, 5.74) is 6.57. The summed E-state index contributed by atoms with van der Waals surface area (Å²) < 4.78 is 5.80. The predicted octanol–water partition coefficient (Wildman–Crippen LogP) is 4.96. The number of fused-ring (bicyclic) bond motifs is 3. The van der Waals surface area contributed by atoms with Crippen molar-refractivity contribution < 1.29 is 9.52 Å². The molecule has 0 amide bonds. The summed E-state index contributed by atoms with van der Waals surface area (Å²) in [6, 6.07) is 21.6. The normalized spacial score (nSPS) is 17.0. The minimum atomic E-state index is -0.0614. The van der Waals surface area contributed by atoms with Crippen LogP contribution >= 0.6 is 0 Å². The van der Waals surface area contributed by atoms with E-state index < -0.39 is 0 Å². The van der Waals surface area contributed by atoms with Gasteiger partial charge < -0.3 is 14.5 Å². The molecule has 2 aromatic carbocycles. The van der Waals surface area contributed by atoms with Crippen molar-refractivity contribution in [1.29, 1.82) is 0 Å². The molecule has 5 rings (SSSR count). The van der Waals surface area contributed by atoms with Gasteiger partial charge >= 0.3 is 0 Å². The van der Waals surface area contributed by atoms with Crippen LogP contribution in [0, 0.1) is 0 Å². The lowest BCUT2D eigenvalue weighted by Crippen LogP contribution is -2.35. The van der Waals surface area contributed by atoms with Crippen LogP contribution in [0.25, 0.3) is 10.9 Å². The van der Waals surface area contributed by atoms with E-state index in [1.807, 2.05) is 12.1 Å². The molecule has 2 N–H and O–H groups in total. The number of aromatic amines is 1. The highest BCUT2D eigenvalue weighted by Gasteiger charge is 2.32. The summed E-state index contributed by atoms with van der Waals surface area (Å²) in [7, 11) is 0. The second-order valence-electron chi connectivity index (χ2n) is 7.81. The minimum absolute atomic E-state index is 0.0614. The number of hydrogen-bond acceptors (Lipinski definition) is 3. The first-order valence-corrected chi connectivity index (χ1v) is 10.4. The summed E-state index contributed by atoms with van der Waals surface area (Å²) in [6.45, 7) is 3.81. The van der Waals surface area contributed by atoms with E-state index in [0.29, 0.717) is 5.76 Å². The van der Waals surface area contributed by atoms with E-state index in [-0.39, 0.29) is 12.6 Å². The largest absolute Gasteiger partial charge is 0.462 e. The number of benzene rings is 2. The van der Waals surface area contributed by atoms with E-state index in [1.165, 1.54) is 33.3 Å². The van der Waals surface area contributed by atoms with Crippen molar-refractivity contribution in [3.8, 4) is 0 Å². The molecule has 0 radical (unpaired) electrons. The van der Waals surface area contributed by atoms with Gasteiger partial charge in [-0.1, -0.05) is 49.4 Å². The molecule has 1 aliphatic heterocycles. The van der Waals surface area contributed by atoms with Crippen LogP contribution in [0.4, 0.5) is 0 Å². The van der Waals surface area contributed by atoms with Crippen LogP contribution in [0.3, 0.4) is 0 Å². The molecule has 148 valence electrons. The van der Waals surface area contributed by atoms with E-state index in [4.69, 9.17) is 4.42 Å². The smallest absolute Gasteiger partial charge is 0.129 e. The quantitative estimate of drug-likeness (QED) is 0.509. The molecule has 0 aliphatic carbocycles. The molecule has 29 heavy (non-hydrogen) atoms. The third kappa shape index (κ3) is 3.28. The number of nitrogens with one attached hydrogen (secondary N) is 1. The predicted molar refractivity (Wildman–Crippen MR) is 115 cm³/mol. The number of aryl methyl sites for hydroxylation is 1. The minimum Gasteiger partial charge on any atom is -0.462 e. The first-order chi connectivity index (χ1) is 14.3. The van der Waals surface area contributed by atoms with Crippen molar-refractivity contribution in [2.45, 2.75) is 39.0 Å². The molecule has 1 atom stereocenters. The number of nitrogens with zero attached hydrogens (tertiary/aromatic N) is 1. The number of para-hydroxylation sites is 1. The lowest BCUT2D eigenvalue weighted by Gasteiger charge is -2.35. The molecule has 1 unspecified atom stereocenters. The van der Waals surface area contributed by atoms with Gasteiger partial charge in [-0.15, -0.1) is 0 Å². The van der Waals surface area contributed by atoms with Gasteiger partial charge in [-0.2, -0.15) is 0 Å². The summed E-state index contributed by atoms with van der Waals surface area (Å²) in [5, 5.41) is 10.7. The van der Waals surface area contributed by atoms with E-state index in [9.17, 15) is 5.11 Å². The van der Waals surface area contributed by atoms with Gasteiger partial charge in [0.2, 0.25) is 0 Å². The number of hydrogen-bond donors (Lipinski definition) is 2. The van der Waals surface area contributed by atoms with Gasteiger partial charge in [-0.05, 0) is 47.7 Å². The van der Waals surface area contributed by atoms with Crippen molar-refractivity contribution in [2.75, 3.05) is 6.54 Å². The molecule has 4 heteroatoms. The summed E-state index contributed by atoms with van der Waals surface area (Å²) in [6.07, 6.45) is 2.05. The second kappa shape index (κ2) is 7.54. The molecular weight excluding hydrogens is 360 g/mol. The second-order valence-corrected chi connectivity index (χ2v) is 7.81. The van der Waals surface area contributed by atoms with E-state index in [2.05, 4.69) is 65.3 Å². The van der Waals surface area contributed by atoms with Gasteiger partial charge in [0.25, 0.3) is 0 Å². The number of rotatable bonds is 5. The topological polar surface area (TPSA) is 52.4 Å². The van der Waals surface area contributed by atoms with E-state index in [1.54, 1.807) is 0 Å². The van der Waals surface area contributed by atoms with Crippen LogP contribution < -0.4 is 0 Å². The maximum atomic E-state index is 9.33. The number of aliphatic hydroxyl groups excluding tert-OH is 1. The Labute approximate surface area is 170 Å². The van der Waals surface area contributed by atoms with Gasteiger partial charge in [-0.25, -0.2) is 0 Å². The van der Waals surface area contributed by atoms with Crippen LogP contribution in [0.5, 0.6) is 0 Å². The lowest BCUT2D eigenvalue weighted by molar-refractivity contribution is 0.179. The average Bonchev–Trinajstić information content (AvgIpc) is 3.38. The standard InChI is InChI=1S/C25H26N2O2/c1-2-17-7-9-18(10-8-17)25-24-22(21-5-3-4-6-23(21)26-24)13-14-27(25)15-19-11-12-20(16-28)29-19/h3-12,25-26,28H,2,13-16H2,1H3. The first kappa shape index (κ1) is 18.2. The Kier molecular flexibility index (Phi) is 4.74. The molecule has 0 spiro atoms. The molecule has 0 fully saturated rings. The fourth-order valence-corrected chi connectivity index (χ4v) is 4.57. The number of H-pyrrole nitrogens is 1. The van der Waals surface area contributed by atoms with Gasteiger partial charge in [0, 0.05) is 23.1 Å². The number of aromatic nitrogens is 1. The van der Waals surface area contributed by atoms with Crippen molar-refractivity contribution in [1.82, 2.24) is 9.88 Å². The summed E-state index contributed by atoms with van der Waals surface area (Å²) >= 11 is 0.